The molecule has 2 aliphatic rings. The number of benzene rings is 1. The molecule has 20 heavy (non-hydrogen) atoms. The van der Waals surface area contributed by atoms with E-state index in [4.69, 9.17) is 5.73 Å². The van der Waals surface area contributed by atoms with Crippen LogP contribution in [0.1, 0.15) is 54.4 Å². The third kappa shape index (κ3) is 2.59. The molecule has 0 aromatic heterocycles. The van der Waals surface area contributed by atoms with Crippen LogP contribution in [0.15, 0.2) is 24.3 Å². The third-order valence-corrected chi connectivity index (χ3v) is 4.91. The first kappa shape index (κ1) is 13.6. The summed E-state index contributed by atoms with van der Waals surface area (Å²) in [7, 11) is 0. The minimum Gasteiger partial charge on any atom is -0.335 e. The van der Waals surface area contributed by atoms with Gasteiger partial charge in [0, 0.05) is 24.7 Å². The second-order valence-electron chi connectivity index (χ2n) is 6.16. The average molecular weight is 272 g/mol. The van der Waals surface area contributed by atoms with Crippen molar-refractivity contribution >= 4 is 5.91 Å². The molecule has 1 aliphatic heterocycles. The molecule has 108 valence electrons. The Morgan fingerprint density at radius 3 is 2.75 bits per heavy atom. The predicted molar refractivity (Wildman–Crippen MR) is 80.3 cm³/mol. The highest BCUT2D eigenvalue weighted by atomic mass is 16.2. The molecule has 1 aromatic rings. The molecule has 1 aliphatic carbocycles. The number of hydrogen-bond acceptors (Lipinski definition) is 2. The van der Waals surface area contributed by atoms with Gasteiger partial charge in [0.2, 0.25) is 0 Å². The molecule has 0 spiro atoms. The monoisotopic (exact) mass is 272 g/mol. The van der Waals surface area contributed by atoms with Crippen molar-refractivity contribution in [3.8, 4) is 0 Å². The topological polar surface area (TPSA) is 46.3 Å². The zero-order valence-corrected chi connectivity index (χ0v) is 12.1. The van der Waals surface area contributed by atoms with Crippen LogP contribution in [0.2, 0.25) is 0 Å². The summed E-state index contributed by atoms with van der Waals surface area (Å²) < 4.78 is 0. The molecule has 1 unspecified atom stereocenters. The number of nitrogens with zero attached hydrogens (tertiary/aromatic N) is 1. The Labute approximate surface area is 121 Å². The lowest BCUT2D eigenvalue weighted by atomic mass is 9.95. The SMILES string of the molecule is NCc1cccc(C(=O)N2CCCC2C2CCCC2)c1. The summed E-state index contributed by atoms with van der Waals surface area (Å²) in [5.41, 5.74) is 7.51. The fourth-order valence-corrected chi connectivity index (χ4v) is 3.87. The van der Waals surface area contributed by atoms with Gasteiger partial charge < -0.3 is 10.6 Å². The first-order valence-corrected chi connectivity index (χ1v) is 7.89. The number of carbonyl (C=O) groups excluding carboxylic acids is 1. The first-order chi connectivity index (χ1) is 9.79. The van der Waals surface area contributed by atoms with Gasteiger partial charge in [-0.15, -0.1) is 0 Å². The fourth-order valence-electron chi connectivity index (χ4n) is 3.87. The molecule has 2 fully saturated rings. The molecule has 0 radical (unpaired) electrons. The Morgan fingerprint density at radius 2 is 2.00 bits per heavy atom. The number of amides is 1. The number of carbonyl (C=O) groups is 1. The molecule has 3 rings (SSSR count). The van der Waals surface area contributed by atoms with Crippen LogP contribution in [0.25, 0.3) is 0 Å². The standard InChI is InChI=1S/C17H24N2O/c18-12-13-5-3-8-15(11-13)17(20)19-10-4-9-16(19)14-6-1-2-7-14/h3,5,8,11,14,16H,1-2,4,6-7,9-10,12,18H2. The smallest absolute Gasteiger partial charge is 0.254 e. The van der Waals surface area contributed by atoms with Crippen molar-refractivity contribution in [1.29, 1.82) is 0 Å². The Hall–Kier alpha value is -1.35. The van der Waals surface area contributed by atoms with E-state index in [0.717, 1.165) is 30.0 Å². The summed E-state index contributed by atoms with van der Waals surface area (Å²) in [6, 6.07) is 8.27. The van der Waals surface area contributed by atoms with Gasteiger partial charge in [-0.2, -0.15) is 0 Å². The number of nitrogens with two attached hydrogens (primary N) is 1. The van der Waals surface area contributed by atoms with Crippen molar-refractivity contribution < 1.29 is 4.79 Å². The van der Waals surface area contributed by atoms with E-state index in [1.165, 1.54) is 32.1 Å². The minimum absolute atomic E-state index is 0.203. The summed E-state index contributed by atoms with van der Waals surface area (Å²) >= 11 is 0. The molecule has 1 saturated carbocycles. The highest BCUT2D eigenvalue weighted by Crippen LogP contribution is 2.36. The molecule has 1 atom stereocenters. The molecular weight excluding hydrogens is 248 g/mol. The van der Waals surface area contributed by atoms with Gasteiger partial charge in [0.05, 0.1) is 0 Å². The fraction of sp³-hybridized carbons (Fsp3) is 0.588. The Balaban J connectivity index is 1.77. The summed E-state index contributed by atoms with van der Waals surface area (Å²) in [5, 5.41) is 0. The van der Waals surface area contributed by atoms with E-state index >= 15 is 0 Å². The Kier molecular flexibility index (Phi) is 4.06. The summed E-state index contributed by atoms with van der Waals surface area (Å²) in [4.78, 5) is 14.9. The second-order valence-corrected chi connectivity index (χ2v) is 6.16. The normalized spacial score (nSPS) is 23.4. The van der Waals surface area contributed by atoms with Crippen LogP contribution in [-0.4, -0.2) is 23.4 Å². The summed E-state index contributed by atoms with van der Waals surface area (Å²) in [6.07, 6.45) is 7.63. The van der Waals surface area contributed by atoms with E-state index in [2.05, 4.69) is 4.90 Å². The van der Waals surface area contributed by atoms with Gasteiger partial charge in [0.25, 0.3) is 5.91 Å². The molecule has 1 heterocycles. The number of rotatable bonds is 3. The molecule has 3 heteroatoms. The molecule has 2 N–H and O–H groups in total. The van der Waals surface area contributed by atoms with Crippen molar-refractivity contribution in [1.82, 2.24) is 4.90 Å². The maximum Gasteiger partial charge on any atom is 0.254 e. The molecule has 3 nitrogen and oxygen atoms in total. The lowest BCUT2D eigenvalue weighted by Crippen LogP contribution is -2.39. The van der Waals surface area contributed by atoms with Crippen LogP contribution in [-0.2, 0) is 6.54 Å². The van der Waals surface area contributed by atoms with E-state index in [9.17, 15) is 4.79 Å². The first-order valence-electron chi connectivity index (χ1n) is 7.89. The zero-order valence-electron chi connectivity index (χ0n) is 12.1. The highest BCUT2D eigenvalue weighted by Gasteiger charge is 2.36. The largest absolute Gasteiger partial charge is 0.335 e. The molecular formula is C17H24N2O. The van der Waals surface area contributed by atoms with E-state index in [1.54, 1.807) is 0 Å². The van der Waals surface area contributed by atoms with E-state index in [1.807, 2.05) is 24.3 Å². The van der Waals surface area contributed by atoms with E-state index in [-0.39, 0.29) is 5.91 Å². The van der Waals surface area contributed by atoms with Gasteiger partial charge in [-0.3, -0.25) is 4.79 Å². The molecule has 0 bridgehead atoms. The van der Waals surface area contributed by atoms with Crippen LogP contribution >= 0.6 is 0 Å². The van der Waals surface area contributed by atoms with Crippen molar-refractivity contribution in [3.05, 3.63) is 35.4 Å². The zero-order chi connectivity index (χ0) is 13.9. The van der Waals surface area contributed by atoms with E-state index < -0.39 is 0 Å². The van der Waals surface area contributed by atoms with Gasteiger partial charge in [-0.25, -0.2) is 0 Å². The Morgan fingerprint density at radius 1 is 1.20 bits per heavy atom. The van der Waals surface area contributed by atoms with Gasteiger partial charge in [-0.1, -0.05) is 25.0 Å². The Bertz CT molecular complexity index is 480. The minimum atomic E-state index is 0.203. The second kappa shape index (κ2) is 5.96. The van der Waals surface area contributed by atoms with Crippen LogP contribution in [0.5, 0.6) is 0 Å². The third-order valence-electron chi connectivity index (χ3n) is 4.91. The van der Waals surface area contributed by atoms with Crippen molar-refractivity contribution in [2.24, 2.45) is 11.7 Å². The quantitative estimate of drug-likeness (QED) is 0.919. The highest BCUT2D eigenvalue weighted by molar-refractivity contribution is 5.94. The van der Waals surface area contributed by atoms with Gasteiger partial charge in [0.15, 0.2) is 0 Å². The van der Waals surface area contributed by atoms with Crippen LogP contribution in [0.3, 0.4) is 0 Å². The van der Waals surface area contributed by atoms with Gasteiger partial charge >= 0.3 is 0 Å². The lowest BCUT2D eigenvalue weighted by molar-refractivity contribution is 0.0689. The average Bonchev–Trinajstić information content (AvgIpc) is 3.16. The predicted octanol–water partition coefficient (Wildman–Crippen LogP) is 2.94. The molecule has 1 saturated heterocycles. The molecule has 1 amide bonds. The van der Waals surface area contributed by atoms with Crippen LogP contribution < -0.4 is 5.73 Å². The van der Waals surface area contributed by atoms with Gasteiger partial charge in [0.1, 0.15) is 0 Å². The maximum atomic E-state index is 12.8. The van der Waals surface area contributed by atoms with Crippen LogP contribution in [0.4, 0.5) is 0 Å². The maximum absolute atomic E-state index is 12.8. The van der Waals surface area contributed by atoms with Gasteiger partial charge in [-0.05, 0) is 49.3 Å². The van der Waals surface area contributed by atoms with Crippen LogP contribution in [0, 0.1) is 5.92 Å². The van der Waals surface area contributed by atoms with Crippen molar-refractivity contribution in [2.75, 3.05) is 6.54 Å². The summed E-state index contributed by atoms with van der Waals surface area (Å²) in [6.45, 7) is 1.42. The van der Waals surface area contributed by atoms with Crippen molar-refractivity contribution in [3.63, 3.8) is 0 Å². The number of likely N-dealkylation sites (tertiary alicyclic amines) is 1. The van der Waals surface area contributed by atoms with E-state index in [0.29, 0.717) is 12.6 Å². The summed E-state index contributed by atoms with van der Waals surface area (Å²) in [5.74, 6) is 0.939. The molecule has 1 aromatic carbocycles. The van der Waals surface area contributed by atoms with Crippen molar-refractivity contribution in [2.45, 2.75) is 51.1 Å². The number of hydrogen-bond donors (Lipinski definition) is 1. The lowest BCUT2D eigenvalue weighted by Gasteiger charge is -2.29.